The van der Waals surface area contributed by atoms with Crippen LogP contribution in [0.2, 0.25) is 0 Å². The van der Waals surface area contributed by atoms with Crippen molar-refractivity contribution in [3.63, 3.8) is 0 Å². The molecule has 176 valence electrons. The third-order valence-electron chi connectivity index (χ3n) is 6.39. The van der Waals surface area contributed by atoms with E-state index in [4.69, 9.17) is 4.98 Å². The molecule has 2 aromatic carbocycles. The summed E-state index contributed by atoms with van der Waals surface area (Å²) in [7, 11) is 0. The van der Waals surface area contributed by atoms with Gasteiger partial charge >= 0.3 is 6.03 Å². The summed E-state index contributed by atoms with van der Waals surface area (Å²) in [5.41, 5.74) is 4.33. The molecule has 1 N–H and O–H groups in total. The van der Waals surface area contributed by atoms with E-state index < -0.39 is 0 Å². The standard InChI is InChI=1S/C26H29N5O2S/c32-24(29-15-17-30(18-16-29)25(33)27-20-9-3-1-4-10-20)19-34-26-28-22-13-7-8-14-23(22)31(26)21-11-5-2-6-12-21/h1-6,9-12H,7-8,13-19H2,(H,27,33). The second-order valence-corrected chi connectivity index (χ2v) is 9.56. The monoisotopic (exact) mass is 475 g/mol. The Kier molecular flexibility index (Phi) is 6.85. The largest absolute Gasteiger partial charge is 0.338 e. The number of hydrogen-bond acceptors (Lipinski definition) is 4. The number of rotatable bonds is 5. The summed E-state index contributed by atoms with van der Waals surface area (Å²) in [6, 6.07) is 19.6. The summed E-state index contributed by atoms with van der Waals surface area (Å²) in [6.45, 7) is 2.15. The number of carbonyl (C=O) groups excluding carboxylic acids is 2. The number of para-hydroxylation sites is 2. The smallest absolute Gasteiger partial charge is 0.321 e. The first-order valence-corrected chi connectivity index (χ1v) is 12.8. The Morgan fingerprint density at radius 2 is 1.50 bits per heavy atom. The van der Waals surface area contributed by atoms with Crippen LogP contribution in [0.25, 0.3) is 5.69 Å². The minimum absolute atomic E-state index is 0.0914. The number of benzene rings is 2. The highest BCUT2D eigenvalue weighted by atomic mass is 32.2. The van der Waals surface area contributed by atoms with Crippen LogP contribution in [0.4, 0.5) is 10.5 Å². The van der Waals surface area contributed by atoms with E-state index >= 15 is 0 Å². The van der Waals surface area contributed by atoms with E-state index in [1.54, 1.807) is 4.90 Å². The lowest BCUT2D eigenvalue weighted by atomic mass is 10.0. The van der Waals surface area contributed by atoms with Crippen molar-refractivity contribution < 1.29 is 9.59 Å². The lowest BCUT2D eigenvalue weighted by Gasteiger charge is -2.34. The van der Waals surface area contributed by atoms with Crippen LogP contribution in [0.1, 0.15) is 24.2 Å². The summed E-state index contributed by atoms with van der Waals surface area (Å²) in [5, 5.41) is 3.81. The highest BCUT2D eigenvalue weighted by Crippen LogP contribution is 2.30. The number of amides is 3. The minimum Gasteiger partial charge on any atom is -0.338 e. The molecule has 0 atom stereocenters. The summed E-state index contributed by atoms with van der Waals surface area (Å²) < 4.78 is 2.23. The molecule has 2 aliphatic rings. The molecule has 0 radical (unpaired) electrons. The van der Waals surface area contributed by atoms with Crippen LogP contribution in [0.5, 0.6) is 0 Å². The maximum absolute atomic E-state index is 13.0. The van der Waals surface area contributed by atoms with Gasteiger partial charge in [-0.15, -0.1) is 0 Å². The van der Waals surface area contributed by atoms with Crippen LogP contribution >= 0.6 is 11.8 Å². The number of aromatic nitrogens is 2. The van der Waals surface area contributed by atoms with Crippen LogP contribution in [-0.4, -0.2) is 63.2 Å². The van der Waals surface area contributed by atoms with Gasteiger partial charge in [0.25, 0.3) is 0 Å². The van der Waals surface area contributed by atoms with Gasteiger partial charge in [-0.1, -0.05) is 48.2 Å². The Labute approximate surface area is 204 Å². The fraction of sp³-hybridized carbons (Fsp3) is 0.346. The molecule has 3 aromatic rings. The topological polar surface area (TPSA) is 70.5 Å². The third-order valence-corrected chi connectivity index (χ3v) is 7.31. The highest BCUT2D eigenvalue weighted by Gasteiger charge is 2.26. The van der Waals surface area contributed by atoms with Gasteiger partial charge in [-0.25, -0.2) is 9.78 Å². The molecular formula is C26H29N5O2S. The number of imidazole rings is 1. The molecular weight excluding hydrogens is 446 g/mol. The van der Waals surface area contributed by atoms with Crippen molar-refractivity contribution in [3.05, 3.63) is 72.1 Å². The maximum Gasteiger partial charge on any atom is 0.321 e. The Morgan fingerprint density at radius 3 is 2.24 bits per heavy atom. The second-order valence-electron chi connectivity index (χ2n) is 8.62. The van der Waals surface area contributed by atoms with Crippen molar-refractivity contribution in [1.82, 2.24) is 19.4 Å². The predicted octanol–water partition coefficient (Wildman–Crippen LogP) is 4.22. The normalized spacial score (nSPS) is 15.6. The van der Waals surface area contributed by atoms with Crippen molar-refractivity contribution >= 4 is 29.4 Å². The van der Waals surface area contributed by atoms with Crippen LogP contribution in [0.3, 0.4) is 0 Å². The van der Waals surface area contributed by atoms with Gasteiger partial charge in [0.15, 0.2) is 5.16 Å². The number of anilines is 1. The fourth-order valence-electron chi connectivity index (χ4n) is 4.56. The first-order valence-electron chi connectivity index (χ1n) is 11.9. The van der Waals surface area contributed by atoms with E-state index in [1.165, 1.54) is 36.0 Å². The molecule has 1 aromatic heterocycles. The van der Waals surface area contributed by atoms with Gasteiger partial charge in [-0.2, -0.15) is 0 Å². The molecule has 1 aliphatic carbocycles. The van der Waals surface area contributed by atoms with E-state index in [2.05, 4.69) is 22.0 Å². The number of nitrogens with one attached hydrogen (secondary N) is 1. The summed E-state index contributed by atoms with van der Waals surface area (Å²) in [4.78, 5) is 34.0. The van der Waals surface area contributed by atoms with Crippen LogP contribution in [0, 0.1) is 0 Å². The van der Waals surface area contributed by atoms with Gasteiger partial charge in [-0.05, 0) is 49.9 Å². The minimum atomic E-state index is -0.122. The molecule has 0 unspecified atom stereocenters. The number of carbonyl (C=O) groups is 2. The molecule has 1 aliphatic heterocycles. The first kappa shape index (κ1) is 22.5. The SMILES string of the molecule is O=C(CSc1nc2c(n1-c1ccccc1)CCCC2)N1CCN(C(=O)Nc2ccccc2)CC1. The molecule has 0 bridgehead atoms. The molecule has 8 heteroatoms. The lowest BCUT2D eigenvalue weighted by Crippen LogP contribution is -2.52. The van der Waals surface area contributed by atoms with Crippen LogP contribution < -0.4 is 5.32 Å². The molecule has 3 amide bonds. The van der Waals surface area contributed by atoms with E-state index in [0.29, 0.717) is 31.9 Å². The molecule has 7 nitrogen and oxygen atoms in total. The zero-order valence-electron chi connectivity index (χ0n) is 19.2. The third kappa shape index (κ3) is 4.97. The highest BCUT2D eigenvalue weighted by molar-refractivity contribution is 7.99. The molecule has 0 spiro atoms. The van der Waals surface area contributed by atoms with Crippen molar-refractivity contribution in [3.8, 4) is 5.69 Å². The predicted molar refractivity (Wildman–Crippen MR) is 135 cm³/mol. The van der Waals surface area contributed by atoms with E-state index in [-0.39, 0.29) is 11.9 Å². The number of nitrogens with zero attached hydrogens (tertiary/aromatic N) is 4. The Morgan fingerprint density at radius 1 is 0.853 bits per heavy atom. The molecule has 2 heterocycles. The zero-order valence-corrected chi connectivity index (χ0v) is 20.0. The number of urea groups is 1. The van der Waals surface area contributed by atoms with Crippen molar-refractivity contribution in [2.45, 2.75) is 30.8 Å². The van der Waals surface area contributed by atoms with E-state index in [0.717, 1.165) is 29.4 Å². The summed E-state index contributed by atoms with van der Waals surface area (Å²) >= 11 is 1.51. The molecule has 1 saturated heterocycles. The van der Waals surface area contributed by atoms with Gasteiger partial charge in [0, 0.05) is 43.2 Å². The van der Waals surface area contributed by atoms with E-state index in [1.807, 2.05) is 53.4 Å². The Bertz CT molecular complexity index is 1140. The quantitative estimate of drug-likeness (QED) is 0.561. The van der Waals surface area contributed by atoms with Crippen molar-refractivity contribution in [2.75, 3.05) is 37.2 Å². The molecule has 1 fully saturated rings. The number of thioether (sulfide) groups is 1. The van der Waals surface area contributed by atoms with Gasteiger partial charge in [-0.3, -0.25) is 9.36 Å². The number of aryl methyl sites for hydroxylation is 1. The Balaban J connectivity index is 1.19. The zero-order chi connectivity index (χ0) is 23.3. The van der Waals surface area contributed by atoms with Crippen molar-refractivity contribution in [1.29, 1.82) is 0 Å². The number of piperazine rings is 1. The van der Waals surface area contributed by atoms with Gasteiger partial charge < -0.3 is 15.1 Å². The van der Waals surface area contributed by atoms with Crippen molar-refractivity contribution in [2.24, 2.45) is 0 Å². The molecule has 34 heavy (non-hydrogen) atoms. The molecule has 0 saturated carbocycles. The van der Waals surface area contributed by atoms with Gasteiger partial charge in [0.1, 0.15) is 0 Å². The fourth-order valence-corrected chi connectivity index (χ4v) is 5.51. The average Bonchev–Trinajstić information content (AvgIpc) is 3.27. The molecule has 5 rings (SSSR count). The lowest BCUT2D eigenvalue weighted by molar-refractivity contribution is -0.129. The van der Waals surface area contributed by atoms with Gasteiger partial charge in [0.05, 0.1) is 11.4 Å². The van der Waals surface area contributed by atoms with Crippen LogP contribution in [0.15, 0.2) is 65.8 Å². The number of hydrogen-bond donors (Lipinski definition) is 1. The second kappa shape index (κ2) is 10.3. The van der Waals surface area contributed by atoms with E-state index in [9.17, 15) is 9.59 Å². The summed E-state index contributed by atoms with van der Waals surface area (Å²) in [6.07, 6.45) is 4.38. The number of fused-ring (bicyclic) bond motifs is 1. The first-order chi connectivity index (χ1) is 16.7. The summed E-state index contributed by atoms with van der Waals surface area (Å²) in [5.74, 6) is 0.438. The Hall–Kier alpha value is -3.26. The average molecular weight is 476 g/mol. The maximum atomic E-state index is 13.0. The van der Waals surface area contributed by atoms with Gasteiger partial charge in [0.2, 0.25) is 5.91 Å². The van der Waals surface area contributed by atoms with Crippen LogP contribution in [-0.2, 0) is 17.6 Å².